The van der Waals surface area contributed by atoms with Crippen molar-refractivity contribution in [1.29, 1.82) is 0 Å². The Morgan fingerprint density at radius 2 is 2.07 bits per heavy atom. The standard InChI is InChI=1S/C21H25N5O2/c1-24(2)14-20(27)19-11-17-13-25(8-5-9-26(17)23-19)21(28)16-10-15-6-3-4-7-18(15)22-12-16/h3-4,6-7,10-12,20,27H,5,8-9,13-14H2,1-2H3/t20-/m0/s1. The largest absolute Gasteiger partial charge is 0.385 e. The van der Waals surface area contributed by atoms with E-state index < -0.39 is 6.10 Å². The fourth-order valence-corrected chi connectivity index (χ4v) is 3.63. The van der Waals surface area contributed by atoms with Crippen molar-refractivity contribution >= 4 is 16.8 Å². The minimum Gasteiger partial charge on any atom is -0.385 e. The zero-order valence-electron chi connectivity index (χ0n) is 16.2. The highest BCUT2D eigenvalue weighted by atomic mass is 16.3. The predicted molar refractivity (Wildman–Crippen MR) is 107 cm³/mol. The number of aryl methyl sites for hydroxylation is 1. The van der Waals surface area contributed by atoms with Gasteiger partial charge in [-0.05, 0) is 38.7 Å². The first-order chi connectivity index (χ1) is 13.5. The van der Waals surface area contributed by atoms with Gasteiger partial charge in [0, 0.05) is 31.2 Å². The highest BCUT2D eigenvalue weighted by Gasteiger charge is 2.24. The summed E-state index contributed by atoms with van der Waals surface area (Å²) in [5.74, 6) is -0.0247. The number of carbonyl (C=O) groups is 1. The number of aromatic nitrogens is 3. The molecule has 0 fully saturated rings. The van der Waals surface area contributed by atoms with E-state index in [2.05, 4.69) is 10.1 Å². The van der Waals surface area contributed by atoms with Crippen LogP contribution >= 0.6 is 0 Å². The predicted octanol–water partition coefficient (Wildman–Crippen LogP) is 2.07. The molecule has 1 atom stereocenters. The van der Waals surface area contributed by atoms with Crippen LogP contribution in [0.5, 0.6) is 0 Å². The topological polar surface area (TPSA) is 74.5 Å². The van der Waals surface area contributed by atoms with Crippen molar-refractivity contribution in [2.45, 2.75) is 25.6 Å². The van der Waals surface area contributed by atoms with Crippen LogP contribution in [0.4, 0.5) is 0 Å². The number of aliphatic hydroxyl groups is 1. The summed E-state index contributed by atoms with van der Waals surface area (Å²) < 4.78 is 1.92. The maximum atomic E-state index is 13.1. The van der Waals surface area contributed by atoms with Crippen LogP contribution in [0.25, 0.3) is 10.9 Å². The summed E-state index contributed by atoms with van der Waals surface area (Å²) in [7, 11) is 3.84. The van der Waals surface area contributed by atoms with Crippen LogP contribution in [0.2, 0.25) is 0 Å². The molecule has 2 aromatic heterocycles. The van der Waals surface area contributed by atoms with Crippen molar-refractivity contribution in [1.82, 2.24) is 24.6 Å². The van der Waals surface area contributed by atoms with Gasteiger partial charge in [-0.2, -0.15) is 5.10 Å². The van der Waals surface area contributed by atoms with E-state index in [0.29, 0.717) is 30.9 Å². The molecule has 0 saturated heterocycles. The summed E-state index contributed by atoms with van der Waals surface area (Å²) in [6.07, 6.45) is 1.84. The Labute approximate surface area is 164 Å². The molecule has 3 heterocycles. The second-order valence-electron chi connectivity index (χ2n) is 7.56. The van der Waals surface area contributed by atoms with Crippen LogP contribution in [-0.4, -0.2) is 62.8 Å². The Hall–Kier alpha value is -2.77. The third kappa shape index (κ3) is 3.76. The Morgan fingerprint density at radius 1 is 1.25 bits per heavy atom. The third-order valence-corrected chi connectivity index (χ3v) is 5.04. The lowest BCUT2D eigenvalue weighted by Crippen LogP contribution is -2.30. The van der Waals surface area contributed by atoms with Gasteiger partial charge < -0.3 is 14.9 Å². The number of pyridine rings is 1. The van der Waals surface area contributed by atoms with Crippen LogP contribution < -0.4 is 0 Å². The van der Waals surface area contributed by atoms with E-state index in [0.717, 1.165) is 29.6 Å². The highest BCUT2D eigenvalue weighted by Crippen LogP contribution is 2.21. The van der Waals surface area contributed by atoms with Gasteiger partial charge in [-0.15, -0.1) is 0 Å². The highest BCUT2D eigenvalue weighted by molar-refractivity contribution is 5.97. The van der Waals surface area contributed by atoms with E-state index in [1.54, 1.807) is 6.20 Å². The maximum Gasteiger partial charge on any atom is 0.255 e. The molecule has 0 radical (unpaired) electrons. The Balaban J connectivity index is 1.56. The molecule has 0 spiro atoms. The number of hydrogen-bond acceptors (Lipinski definition) is 5. The van der Waals surface area contributed by atoms with Gasteiger partial charge in [0.2, 0.25) is 0 Å². The molecule has 1 aromatic carbocycles. The van der Waals surface area contributed by atoms with E-state index in [9.17, 15) is 9.90 Å². The Morgan fingerprint density at radius 3 is 2.89 bits per heavy atom. The quantitative estimate of drug-likeness (QED) is 0.751. The van der Waals surface area contributed by atoms with Crippen molar-refractivity contribution in [3.05, 3.63) is 59.5 Å². The summed E-state index contributed by atoms with van der Waals surface area (Å²) in [6.45, 7) is 2.41. The van der Waals surface area contributed by atoms with Crippen LogP contribution in [0.3, 0.4) is 0 Å². The van der Waals surface area contributed by atoms with Gasteiger partial charge in [-0.1, -0.05) is 18.2 Å². The normalized spacial score (nSPS) is 15.5. The van der Waals surface area contributed by atoms with E-state index in [4.69, 9.17) is 0 Å². The van der Waals surface area contributed by atoms with Gasteiger partial charge in [0.1, 0.15) is 6.10 Å². The first-order valence-corrected chi connectivity index (χ1v) is 9.55. The third-order valence-electron chi connectivity index (χ3n) is 5.04. The number of aliphatic hydroxyl groups excluding tert-OH is 1. The smallest absolute Gasteiger partial charge is 0.255 e. The molecule has 1 amide bonds. The number of rotatable bonds is 4. The van der Waals surface area contributed by atoms with E-state index in [1.165, 1.54) is 0 Å². The van der Waals surface area contributed by atoms with Crippen LogP contribution in [-0.2, 0) is 13.1 Å². The second kappa shape index (κ2) is 7.69. The lowest BCUT2D eigenvalue weighted by atomic mass is 10.1. The summed E-state index contributed by atoms with van der Waals surface area (Å²) in [6, 6.07) is 11.6. The number of likely N-dealkylation sites (N-methyl/N-ethyl adjacent to an activating group) is 1. The SMILES string of the molecule is CN(C)C[C@H](O)c1cc2n(n1)CCCN(C(=O)c1cnc3ccccc3c1)C2. The second-order valence-corrected chi connectivity index (χ2v) is 7.56. The van der Waals surface area contributed by atoms with Crippen LogP contribution in [0, 0.1) is 0 Å². The number of nitrogens with zero attached hydrogens (tertiary/aromatic N) is 5. The molecular weight excluding hydrogens is 354 g/mol. The van der Waals surface area contributed by atoms with Crippen molar-refractivity contribution in [2.75, 3.05) is 27.2 Å². The van der Waals surface area contributed by atoms with E-state index >= 15 is 0 Å². The fraction of sp³-hybridized carbons (Fsp3) is 0.381. The van der Waals surface area contributed by atoms with Crippen molar-refractivity contribution < 1.29 is 9.90 Å². The lowest BCUT2D eigenvalue weighted by Gasteiger charge is -2.20. The number of benzene rings is 1. The van der Waals surface area contributed by atoms with Crippen molar-refractivity contribution in [3.63, 3.8) is 0 Å². The minimum absolute atomic E-state index is 0.0247. The van der Waals surface area contributed by atoms with E-state index in [1.807, 2.05) is 65.0 Å². The zero-order valence-corrected chi connectivity index (χ0v) is 16.2. The fourth-order valence-electron chi connectivity index (χ4n) is 3.63. The number of hydrogen-bond donors (Lipinski definition) is 1. The molecule has 28 heavy (non-hydrogen) atoms. The Bertz CT molecular complexity index is 997. The molecule has 1 aliphatic rings. The number of para-hydroxylation sites is 1. The minimum atomic E-state index is -0.636. The summed E-state index contributed by atoms with van der Waals surface area (Å²) in [5.41, 5.74) is 3.09. The van der Waals surface area contributed by atoms with Gasteiger partial charge in [-0.25, -0.2) is 0 Å². The van der Waals surface area contributed by atoms with Gasteiger partial charge in [0.15, 0.2) is 0 Å². The summed E-state index contributed by atoms with van der Waals surface area (Å²) in [4.78, 5) is 21.3. The van der Waals surface area contributed by atoms with Gasteiger partial charge in [0.25, 0.3) is 5.91 Å². The van der Waals surface area contributed by atoms with E-state index in [-0.39, 0.29) is 5.91 Å². The van der Waals surface area contributed by atoms with Gasteiger partial charge >= 0.3 is 0 Å². The molecule has 0 aliphatic carbocycles. The molecule has 0 bridgehead atoms. The maximum absolute atomic E-state index is 13.1. The number of fused-ring (bicyclic) bond motifs is 2. The summed E-state index contributed by atoms with van der Waals surface area (Å²) >= 11 is 0. The Kier molecular flexibility index (Phi) is 5.11. The number of carbonyl (C=O) groups excluding carboxylic acids is 1. The average molecular weight is 379 g/mol. The van der Waals surface area contributed by atoms with Crippen LogP contribution in [0.1, 0.15) is 34.3 Å². The molecule has 0 saturated carbocycles. The van der Waals surface area contributed by atoms with Crippen LogP contribution in [0.15, 0.2) is 42.6 Å². The first-order valence-electron chi connectivity index (χ1n) is 9.55. The molecule has 7 nitrogen and oxygen atoms in total. The monoisotopic (exact) mass is 379 g/mol. The molecular formula is C21H25N5O2. The van der Waals surface area contributed by atoms with Gasteiger partial charge in [0.05, 0.1) is 29.0 Å². The molecule has 146 valence electrons. The lowest BCUT2D eigenvalue weighted by molar-refractivity contribution is 0.0745. The summed E-state index contributed by atoms with van der Waals surface area (Å²) in [5, 5.41) is 15.9. The zero-order chi connectivity index (χ0) is 19.7. The molecule has 1 aliphatic heterocycles. The molecule has 4 rings (SSSR count). The molecule has 1 N–H and O–H groups in total. The molecule has 3 aromatic rings. The first kappa shape index (κ1) is 18.6. The molecule has 0 unspecified atom stereocenters. The average Bonchev–Trinajstić information content (AvgIpc) is 2.98. The van der Waals surface area contributed by atoms with Crippen molar-refractivity contribution in [2.24, 2.45) is 0 Å². The number of amides is 1. The molecule has 7 heteroatoms. The van der Waals surface area contributed by atoms with Gasteiger partial charge in [-0.3, -0.25) is 14.5 Å². The van der Waals surface area contributed by atoms with Crippen molar-refractivity contribution in [3.8, 4) is 0 Å².